The lowest BCUT2D eigenvalue weighted by molar-refractivity contribution is 0.267. The Morgan fingerprint density at radius 2 is 0.758 bits per heavy atom. The van der Waals surface area contributed by atoms with Crippen molar-refractivity contribution in [1.29, 1.82) is 0 Å². The van der Waals surface area contributed by atoms with Gasteiger partial charge >= 0.3 is 17.1 Å². The minimum Gasteiger partial charge on any atom is -0.265 e. The van der Waals surface area contributed by atoms with Crippen molar-refractivity contribution >= 4 is 30.4 Å². The Kier molecular flexibility index (Phi) is 9.87. The lowest BCUT2D eigenvalue weighted by Crippen LogP contribution is -2.55. The maximum absolute atomic E-state index is 12.6. The van der Waals surface area contributed by atoms with Gasteiger partial charge in [0.2, 0.25) is 0 Å². The summed E-state index contributed by atoms with van der Waals surface area (Å²) in [6.45, 7) is 5.08. The molecule has 33 heavy (non-hydrogen) atoms. The molecule has 0 aliphatic heterocycles. The fraction of sp³-hybridized carbons (Fsp3) is 0.400. The molecule has 0 saturated heterocycles. The molecule has 0 unspecified atom stereocenters. The third kappa shape index (κ3) is 8.33. The molecule has 0 radical (unpaired) electrons. The van der Waals surface area contributed by atoms with Crippen molar-refractivity contribution < 1.29 is 37.8 Å². The van der Waals surface area contributed by atoms with Crippen LogP contribution in [0.5, 0.6) is 0 Å². The molecule has 1 heterocycles. The molecular weight excluding hydrogens is 510 g/mol. The first kappa shape index (κ1) is 28.4. The SMILES string of the molecule is C=CS(=O)(=O)OCCn1c(=O)n(CCOS(=O)(=O)C=C)c(=O)n(CCOS(=O)(=O)C=C)c1=O. The van der Waals surface area contributed by atoms with Gasteiger partial charge in [0.15, 0.2) is 0 Å². The highest BCUT2D eigenvalue weighted by Gasteiger charge is 2.18. The van der Waals surface area contributed by atoms with Crippen molar-refractivity contribution in [3.8, 4) is 0 Å². The Morgan fingerprint density at radius 1 is 0.545 bits per heavy atom. The van der Waals surface area contributed by atoms with Crippen LogP contribution in [0.1, 0.15) is 0 Å². The second kappa shape index (κ2) is 11.5. The summed E-state index contributed by atoms with van der Waals surface area (Å²) < 4.78 is 82.9. The maximum Gasteiger partial charge on any atom is 0.336 e. The maximum atomic E-state index is 12.6. The molecule has 0 atom stereocenters. The molecule has 18 heteroatoms. The van der Waals surface area contributed by atoms with Crippen LogP contribution >= 0.6 is 0 Å². The van der Waals surface area contributed by atoms with Gasteiger partial charge in [-0.25, -0.2) is 28.1 Å². The quantitative estimate of drug-likeness (QED) is 0.219. The third-order valence-electron chi connectivity index (χ3n) is 3.69. The van der Waals surface area contributed by atoms with Crippen molar-refractivity contribution in [3.05, 3.63) is 67.4 Å². The van der Waals surface area contributed by atoms with Crippen LogP contribution in [-0.2, 0) is 62.5 Å². The summed E-state index contributed by atoms with van der Waals surface area (Å²) in [4.78, 5) is 37.8. The number of aromatic nitrogens is 3. The Morgan fingerprint density at radius 3 is 0.939 bits per heavy atom. The van der Waals surface area contributed by atoms with Crippen LogP contribution in [0.2, 0.25) is 0 Å². The Labute approximate surface area is 188 Å². The third-order valence-corrected chi connectivity index (χ3v) is 6.40. The van der Waals surface area contributed by atoms with E-state index in [0.29, 0.717) is 29.9 Å². The average Bonchev–Trinajstić information content (AvgIpc) is 2.75. The first-order chi connectivity index (χ1) is 15.2. The summed E-state index contributed by atoms with van der Waals surface area (Å²) in [5.41, 5.74) is -3.67. The summed E-state index contributed by atoms with van der Waals surface area (Å²) in [5, 5.41) is 1.47. The van der Waals surface area contributed by atoms with E-state index in [-0.39, 0.29) is 0 Å². The standard InChI is InChI=1S/C15H21N3O12S3/c1-4-31(22,23)28-10-7-16-13(19)17(8-11-29-32(24,25)5-2)15(21)18(14(16)20)9-12-30-33(26,27)6-3/h4-6H,1-3,7-12H2. The van der Waals surface area contributed by atoms with E-state index in [1.165, 1.54) is 0 Å². The molecule has 0 saturated carbocycles. The lowest BCUT2D eigenvalue weighted by Gasteiger charge is -2.14. The van der Waals surface area contributed by atoms with Crippen molar-refractivity contribution in [2.45, 2.75) is 19.6 Å². The van der Waals surface area contributed by atoms with Gasteiger partial charge in [0.05, 0.1) is 55.7 Å². The van der Waals surface area contributed by atoms with E-state index in [4.69, 9.17) is 0 Å². The summed E-state index contributed by atoms with van der Waals surface area (Å²) in [6.07, 6.45) is 0. The van der Waals surface area contributed by atoms with Crippen molar-refractivity contribution in [1.82, 2.24) is 13.7 Å². The summed E-state index contributed by atoms with van der Waals surface area (Å²) in [5.74, 6) is 0. The Bertz CT molecular complexity index is 1190. The molecule has 0 fully saturated rings. The molecule has 0 bridgehead atoms. The van der Waals surface area contributed by atoms with Gasteiger partial charge in [-0.05, 0) is 0 Å². The van der Waals surface area contributed by atoms with E-state index in [1.54, 1.807) is 0 Å². The fourth-order valence-electron chi connectivity index (χ4n) is 2.13. The van der Waals surface area contributed by atoms with Crippen LogP contribution in [0.25, 0.3) is 0 Å². The molecule has 0 amide bonds. The van der Waals surface area contributed by atoms with Crippen LogP contribution in [0.15, 0.2) is 50.3 Å². The van der Waals surface area contributed by atoms with E-state index in [1.807, 2.05) is 0 Å². The average molecular weight is 532 g/mol. The highest BCUT2D eigenvalue weighted by molar-refractivity contribution is 7.90. The molecule has 1 aromatic heterocycles. The minimum absolute atomic E-state index is 0.435. The number of hydrogen-bond donors (Lipinski definition) is 0. The topological polar surface area (TPSA) is 196 Å². The molecule has 1 aromatic rings. The molecule has 0 aromatic carbocycles. The predicted octanol–water partition coefficient (Wildman–Crippen LogP) is -2.36. The minimum atomic E-state index is -4.13. The molecule has 0 aliphatic rings. The number of hydrogen-bond acceptors (Lipinski definition) is 12. The molecule has 0 aliphatic carbocycles. The van der Waals surface area contributed by atoms with Gasteiger partial charge < -0.3 is 0 Å². The number of rotatable bonds is 15. The van der Waals surface area contributed by atoms with Crippen molar-refractivity contribution in [3.63, 3.8) is 0 Å². The zero-order chi connectivity index (χ0) is 25.4. The monoisotopic (exact) mass is 531 g/mol. The second-order valence-electron chi connectivity index (χ2n) is 5.75. The van der Waals surface area contributed by atoms with E-state index in [9.17, 15) is 39.6 Å². The predicted molar refractivity (Wildman–Crippen MR) is 114 cm³/mol. The Hall–Kier alpha value is -2.64. The molecule has 1 rings (SSSR count). The smallest absolute Gasteiger partial charge is 0.265 e. The molecule has 186 valence electrons. The van der Waals surface area contributed by atoms with E-state index >= 15 is 0 Å². The summed E-state index contributed by atoms with van der Waals surface area (Å²) >= 11 is 0. The molecule has 0 N–H and O–H groups in total. The van der Waals surface area contributed by atoms with Crippen LogP contribution in [0.3, 0.4) is 0 Å². The van der Waals surface area contributed by atoms with E-state index in [2.05, 4.69) is 32.3 Å². The van der Waals surface area contributed by atoms with Crippen molar-refractivity contribution in [2.75, 3.05) is 19.8 Å². The van der Waals surface area contributed by atoms with Gasteiger partial charge in [-0.2, -0.15) is 25.3 Å². The van der Waals surface area contributed by atoms with Crippen LogP contribution in [0, 0.1) is 0 Å². The molecule has 15 nitrogen and oxygen atoms in total. The van der Waals surface area contributed by atoms with E-state index < -0.39 is 86.9 Å². The van der Waals surface area contributed by atoms with Crippen LogP contribution in [0.4, 0.5) is 0 Å². The van der Waals surface area contributed by atoms with Gasteiger partial charge in [-0.1, -0.05) is 19.7 Å². The normalized spacial score (nSPS) is 12.4. The molecular formula is C15H21N3O12S3. The van der Waals surface area contributed by atoms with Gasteiger partial charge in [-0.15, -0.1) is 0 Å². The highest BCUT2D eigenvalue weighted by Crippen LogP contribution is 1.96. The Balaban J connectivity index is 3.37. The van der Waals surface area contributed by atoms with Gasteiger partial charge in [0.1, 0.15) is 0 Å². The van der Waals surface area contributed by atoms with Gasteiger partial charge in [-0.3, -0.25) is 12.5 Å². The number of nitrogens with zero attached hydrogens (tertiary/aromatic N) is 3. The second-order valence-corrected chi connectivity index (χ2v) is 10.4. The van der Waals surface area contributed by atoms with Crippen LogP contribution in [-0.4, -0.2) is 58.8 Å². The van der Waals surface area contributed by atoms with Crippen LogP contribution < -0.4 is 17.1 Å². The zero-order valence-corrected chi connectivity index (χ0v) is 19.5. The lowest BCUT2D eigenvalue weighted by atomic mass is 10.6. The highest BCUT2D eigenvalue weighted by atomic mass is 32.2. The summed E-state index contributed by atoms with van der Waals surface area (Å²) in [6, 6.07) is 0. The fourth-order valence-corrected chi connectivity index (χ4v) is 3.34. The van der Waals surface area contributed by atoms with Crippen molar-refractivity contribution in [2.24, 2.45) is 0 Å². The first-order valence-corrected chi connectivity index (χ1v) is 13.1. The molecule has 0 spiro atoms. The summed E-state index contributed by atoms with van der Waals surface area (Å²) in [7, 11) is -12.4. The first-order valence-electron chi connectivity index (χ1n) is 8.70. The van der Waals surface area contributed by atoms with E-state index in [0.717, 1.165) is 0 Å². The zero-order valence-electron chi connectivity index (χ0n) is 17.1. The van der Waals surface area contributed by atoms with Gasteiger partial charge in [0, 0.05) is 0 Å². The van der Waals surface area contributed by atoms with Gasteiger partial charge in [0.25, 0.3) is 30.4 Å². The largest absolute Gasteiger partial charge is 0.336 e.